The molecule has 1 aliphatic carbocycles. The molecule has 196 valence electrons. The smallest absolute Gasteiger partial charge is 0.408 e. The van der Waals surface area contributed by atoms with Crippen LogP contribution in [0.2, 0.25) is 0 Å². The molecule has 0 radical (unpaired) electrons. The van der Waals surface area contributed by atoms with Gasteiger partial charge in [0.2, 0.25) is 11.8 Å². The van der Waals surface area contributed by atoms with Crippen LogP contribution in [0, 0.1) is 13.8 Å². The summed E-state index contributed by atoms with van der Waals surface area (Å²) >= 11 is 1.60. The third-order valence-corrected chi connectivity index (χ3v) is 6.31. The molecular formula is C27H43N3O4S. The molecule has 3 amide bonds. The van der Waals surface area contributed by atoms with Crippen LogP contribution in [-0.4, -0.2) is 58.0 Å². The van der Waals surface area contributed by atoms with Crippen LogP contribution in [0.15, 0.2) is 18.2 Å². The number of hydrogen-bond donors (Lipinski definition) is 2. The summed E-state index contributed by atoms with van der Waals surface area (Å²) in [5.74, 6) is 0.217. The van der Waals surface area contributed by atoms with Crippen molar-refractivity contribution in [1.82, 2.24) is 15.5 Å². The van der Waals surface area contributed by atoms with Crippen LogP contribution >= 0.6 is 11.8 Å². The lowest BCUT2D eigenvalue weighted by atomic mass is 9.97. The number of thioether (sulfide) groups is 1. The Hall–Kier alpha value is -2.22. The maximum atomic E-state index is 14.0. The standard InChI is InChI=1S/C27H43N3O4S/c1-17-10-11-19(16-18(17)2)22(23(31)29-26(3,4)5)30(20-12-13-20)24(32)21(14-15-35-9)28-25(33)34-27(6,7)8/h10-11,16,20-22H,12-15H2,1-9H3,(H,28,33)(H,29,31). The van der Waals surface area contributed by atoms with E-state index in [1.807, 2.05) is 59.1 Å². The largest absolute Gasteiger partial charge is 0.444 e. The van der Waals surface area contributed by atoms with E-state index in [-0.39, 0.29) is 17.9 Å². The Bertz CT molecular complexity index is 916. The van der Waals surface area contributed by atoms with Crippen LogP contribution < -0.4 is 10.6 Å². The summed E-state index contributed by atoms with van der Waals surface area (Å²) in [4.78, 5) is 42.0. The summed E-state index contributed by atoms with van der Waals surface area (Å²) in [6, 6.07) is 4.29. The number of hydrogen-bond acceptors (Lipinski definition) is 5. The number of benzene rings is 1. The van der Waals surface area contributed by atoms with Crippen LogP contribution in [0.25, 0.3) is 0 Å². The molecule has 0 aliphatic heterocycles. The van der Waals surface area contributed by atoms with E-state index < -0.39 is 29.3 Å². The second-order valence-corrected chi connectivity index (χ2v) is 12.4. The monoisotopic (exact) mass is 505 g/mol. The number of carbonyl (C=O) groups excluding carboxylic acids is 3. The van der Waals surface area contributed by atoms with Crippen molar-refractivity contribution in [1.29, 1.82) is 0 Å². The molecule has 8 heteroatoms. The first kappa shape index (κ1) is 29.0. The Morgan fingerprint density at radius 2 is 1.71 bits per heavy atom. The van der Waals surface area contributed by atoms with Crippen LogP contribution in [-0.2, 0) is 14.3 Å². The van der Waals surface area contributed by atoms with Crippen LogP contribution in [0.3, 0.4) is 0 Å². The lowest BCUT2D eigenvalue weighted by molar-refractivity contribution is -0.143. The number of nitrogens with zero attached hydrogens (tertiary/aromatic N) is 1. The maximum absolute atomic E-state index is 14.0. The average molecular weight is 506 g/mol. The fraction of sp³-hybridized carbons (Fsp3) is 0.667. The molecule has 0 aromatic heterocycles. The number of rotatable bonds is 9. The number of aryl methyl sites for hydroxylation is 2. The van der Waals surface area contributed by atoms with E-state index in [1.165, 1.54) is 0 Å². The highest BCUT2D eigenvalue weighted by atomic mass is 32.2. The summed E-state index contributed by atoms with van der Waals surface area (Å²) in [6.45, 7) is 15.2. The molecule has 7 nitrogen and oxygen atoms in total. The quantitative estimate of drug-likeness (QED) is 0.499. The summed E-state index contributed by atoms with van der Waals surface area (Å²) in [5, 5.41) is 5.86. The van der Waals surface area contributed by atoms with Crippen molar-refractivity contribution < 1.29 is 19.1 Å². The third-order valence-electron chi connectivity index (χ3n) is 5.67. The Balaban J connectivity index is 2.47. The van der Waals surface area contributed by atoms with Gasteiger partial charge in [-0.15, -0.1) is 0 Å². The third kappa shape index (κ3) is 9.06. The van der Waals surface area contributed by atoms with Gasteiger partial charge in [-0.25, -0.2) is 4.79 Å². The predicted molar refractivity (Wildman–Crippen MR) is 143 cm³/mol. The van der Waals surface area contributed by atoms with E-state index in [9.17, 15) is 14.4 Å². The molecule has 2 unspecified atom stereocenters. The van der Waals surface area contributed by atoms with E-state index in [4.69, 9.17) is 4.74 Å². The summed E-state index contributed by atoms with van der Waals surface area (Å²) in [5.41, 5.74) is 1.82. The van der Waals surface area contributed by atoms with Crippen molar-refractivity contribution in [2.45, 2.75) is 104 Å². The zero-order valence-corrected chi connectivity index (χ0v) is 23.6. The molecule has 2 N–H and O–H groups in total. The van der Waals surface area contributed by atoms with Crippen molar-refractivity contribution >= 4 is 29.7 Å². The molecular weight excluding hydrogens is 462 g/mol. The van der Waals surface area contributed by atoms with Gasteiger partial charge in [-0.1, -0.05) is 18.2 Å². The van der Waals surface area contributed by atoms with Gasteiger partial charge in [0.15, 0.2) is 0 Å². The normalized spacial score (nSPS) is 15.7. The van der Waals surface area contributed by atoms with Gasteiger partial charge in [0.1, 0.15) is 17.7 Å². The van der Waals surface area contributed by atoms with Crippen molar-refractivity contribution in [2.75, 3.05) is 12.0 Å². The molecule has 0 saturated heterocycles. The van der Waals surface area contributed by atoms with Crippen molar-refractivity contribution in [3.8, 4) is 0 Å². The minimum absolute atomic E-state index is 0.0444. The number of nitrogens with one attached hydrogen (secondary N) is 2. The van der Waals surface area contributed by atoms with Gasteiger partial charge in [0, 0.05) is 11.6 Å². The first-order valence-corrected chi connectivity index (χ1v) is 13.7. The van der Waals surface area contributed by atoms with Crippen molar-refractivity contribution in [3.05, 3.63) is 34.9 Å². The van der Waals surface area contributed by atoms with Gasteiger partial charge in [0.05, 0.1) is 0 Å². The topological polar surface area (TPSA) is 87.7 Å². The van der Waals surface area contributed by atoms with E-state index in [0.29, 0.717) is 12.2 Å². The molecule has 0 spiro atoms. The van der Waals surface area contributed by atoms with Crippen LogP contribution in [0.4, 0.5) is 4.79 Å². The molecule has 1 fully saturated rings. The maximum Gasteiger partial charge on any atom is 0.408 e. The molecule has 1 aliphatic rings. The van der Waals surface area contributed by atoms with E-state index in [1.54, 1.807) is 37.4 Å². The van der Waals surface area contributed by atoms with Gasteiger partial charge >= 0.3 is 6.09 Å². The lowest BCUT2D eigenvalue weighted by Gasteiger charge is -2.36. The molecule has 0 bridgehead atoms. The van der Waals surface area contributed by atoms with Crippen LogP contribution in [0.1, 0.15) is 83.5 Å². The highest BCUT2D eigenvalue weighted by Gasteiger charge is 2.44. The minimum atomic E-state index is -0.786. The van der Waals surface area contributed by atoms with Gasteiger partial charge in [-0.2, -0.15) is 11.8 Å². The van der Waals surface area contributed by atoms with E-state index >= 15 is 0 Å². The summed E-state index contributed by atoms with van der Waals surface area (Å²) in [6.07, 6.45) is 3.44. The van der Waals surface area contributed by atoms with Crippen LogP contribution in [0.5, 0.6) is 0 Å². The predicted octanol–water partition coefficient (Wildman–Crippen LogP) is 4.90. The Kier molecular flexibility index (Phi) is 9.68. The number of ether oxygens (including phenoxy) is 1. The highest BCUT2D eigenvalue weighted by molar-refractivity contribution is 7.98. The highest BCUT2D eigenvalue weighted by Crippen LogP contribution is 2.36. The minimum Gasteiger partial charge on any atom is -0.444 e. The van der Waals surface area contributed by atoms with E-state index in [2.05, 4.69) is 10.6 Å². The SMILES string of the molecule is CSCCC(NC(=O)OC(C)(C)C)C(=O)N(C1CC1)C(C(=O)NC(C)(C)C)c1ccc(C)c(C)c1. The molecule has 2 rings (SSSR count). The second kappa shape index (κ2) is 11.7. The molecule has 1 saturated carbocycles. The first-order valence-electron chi connectivity index (χ1n) is 12.3. The second-order valence-electron chi connectivity index (χ2n) is 11.4. The lowest BCUT2D eigenvalue weighted by Crippen LogP contribution is -2.55. The molecule has 2 atom stereocenters. The number of amides is 3. The van der Waals surface area contributed by atoms with E-state index in [0.717, 1.165) is 29.5 Å². The molecule has 35 heavy (non-hydrogen) atoms. The zero-order valence-electron chi connectivity index (χ0n) is 22.8. The first-order chi connectivity index (χ1) is 16.1. The zero-order chi connectivity index (χ0) is 26.6. The average Bonchev–Trinajstić information content (AvgIpc) is 3.53. The Labute approximate surface area is 215 Å². The Morgan fingerprint density at radius 1 is 1.09 bits per heavy atom. The summed E-state index contributed by atoms with van der Waals surface area (Å²) in [7, 11) is 0. The summed E-state index contributed by atoms with van der Waals surface area (Å²) < 4.78 is 5.43. The number of carbonyl (C=O) groups is 3. The molecule has 1 aromatic rings. The van der Waals surface area contributed by atoms with Gasteiger partial charge in [-0.05, 0) is 103 Å². The fourth-order valence-corrected chi connectivity index (χ4v) is 4.28. The van der Waals surface area contributed by atoms with Gasteiger partial charge in [-0.3, -0.25) is 9.59 Å². The van der Waals surface area contributed by atoms with Crippen molar-refractivity contribution in [3.63, 3.8) is 0 Å². The fourth-order valence-electron chi connectivity index (χ4n) is 3.80. The Morgan fingerprint density at radius 3 is 2.20 bits per heavy atom. The van der Waals surface area contributed by atoms with Crippen molar-refractivity contribution in [2.24, 2.45) is 0 Å². The van der Waals surface area contributed by atoms with Gasteiger partial charge < -0.3 is 20.3 Å². The number of alkyl carbamates (subject to hydrolysis) is 1. The molecule has 1 aromatic carbocycles. The molecule has 0 heterocycles. The van der Waals surface area contributed by atoms with Gasteiger partial charge in [0.25, 0.3) is 0 Å².